The van der Waals surface area contributed by atoms with E-state index in [1.54, 1.807) is 11.7 Å². The van der Waals surface area contributed by atoms with Crippen LogP contribution in [0.5, 0.6) is 0 Å². The summed E-state index contributed by atoms with van der Waals surface area (Å²) in [6, 6.07) is 0. The number of aromatic nitrogens is 1. The number of morpholine rings is 1. The number of aliphatic hydroxyl groups is 1. The Labute approximate surface area is 155 Å². The largest absolute Gasteiger partial charge is 0.392 e. The number of hydrogen-bond acceptors (Lipinski definition) is 7. The lowest BCUT2D eigenvalue weighted by Gasteiger charge is -2.42. The molecule has 0 spiro atoms. The fourth-order valence-electron chi connectivity index (χ4n) is 3.70. The van der Waals surface area contributed by atoms with Crippen LogP contribution in [0.4, 0.5) is 0 Å². The van der Waals surface area contributed by atoms with Crippen LogP contribution in [0.1, 0.15) is 18.7 Å². The first kappa shape index (κ1) is 17.0. The van der Waals surface area contributed by atoms with Crippen LogP contribution < -0.4 is 0 Å². The zero-order valence-electron chi connectivity index (χ0n) is 14.1. The molecule has 0 amide bonds. The summed E-state index contributed by atoms with van der Waals surface area (Å²) >= 11 is 8.31. The van der Waals surface area contributed by atoms with Crippen molar-refractivity contribution in [3.05, 3.63) is 39.5 Å². The molecule has 6 nitrogen and oxygen atoms in total. The zero-order chi connectivity index (χ0) is 17.6. The molecule has 2 unspecified atom stereocenters. The molecule has 0 radical (unpaired) electrons. The van der Waals surface area contributed by atoms with Crippen molar-refractivity contribution in [1.82, 2.24) is 9.88 Å². The molecule has 0 bridgehead atoms. The number of halogens is 1. The predicted molar refractivity (Wildman–Crippen MR) is 96.9 cm³/mol. The van der Waals surface area contributed by atoms with E-state index in [0.717, 1.165) is 40.5 Å². The molecule has 134 valence electrons. The minimum atomic E-state index is -0.408. The highest BCUT2D eigenvalue weighted by Gasteiger charge is 2.43. The van der Waals surface area contributed by atoms with Gasteiger partial charge in [0.15, 0.2) is 6.10 Å². The Balaban J connectivity index is 1.71. The second-order valence-electron chi connectivity index (χ2n) is 6.56. The number of oxime groups is 1. The summed E-state index contributed by atoms with van der Waals surface area (Å²) in [5.41, 5.74) is 5.16. The molecule has 4 rings (SSSR count). The Morgan fingerprint density at radius 2 is 2.12 bits per heavy atom. The normalized spacial score (nSPS) is 32.2. The Bertz CT molecular complexity index is 736. The number of alkyl halides is 1. The summed E-state index contributed by atoms with van der Waals surface area (Å²) in [4.78, 5) is 12.9. The summed E-state index contributed by atoms with van der Waals surface area (Å²) < 4.78 is 5.82. The van der Waals surface area contributed by atoms with Crippen molar-refractivity contribution in [3.8, 4) is 0 Å². The average Bonchev–Trinajstić information content (AvgIpc) is 3.22. The molecule has 1 aromatic rings. The minimum Gasteiger partial charge on any atom is -0.392 e. The van der Waals surface area contributed by atoms with Crippen LogP contribution in [0.25, 0.3) is 0 Å². The first-order valence-electron chi connectivity index (χ1n) is 8.31. The molecule has 2 aliphatic heterocycles. The van der Waals surface area contributed by atoms with Crippen LogP contribution in [-0.2, 0) is 9.57 Å². The van der Waals surface area contributed by atoms with Gasteiger partial charge in [0.05, 0.1) is 29.2 Å². The van der Waals surface area contributed by atoms with Crippen molar-refractivity contribution in [2.24, 2.45) is 5.16 Å². The SMILES string of the molecule is C[C@@H]1CN(C2=C(CO)C=C3C(c4cncs4)=NOC3C2Cl)C[C@H](C)O1. The summed E-state index contributed by atoms with van der Waals surface area (Å²) in [6.45, 7) is 5.50. The van der Waals surface area contributed by atoms with Crippen molar-refractivity contribution in [2.45, 2.75) is 37.5 Å². The van der Waals surface area contributed by atoms with Gasteiger partial charge < -0.3 is 19.6 Å². The van der Waals surface area contributed by atoms with Gasteiger partial charge in [-0.15, -0.1) is 22.9 Å². The third-order valence-corrected chi connectivity index (χ3v) is 5.84. The molecule has 1 N–H and O–H groups in total. The number of rotatable bonds is 3. The van der Waals surface area contributed by atoms with Crippen molar-refractivity contribution in [2.75, 3.05) is 19.7 Å². The number of fused-ring (bicyclic) bond motifs is 1. The highest BCUT2D eigenvalue weighted by atomic mass is 35.5. The maximum absolute atomic E-state index is 9.97. The van der Waals surface area contributed by atoms with Crippen LogP contribution in [-0.4, -0.2) is 64.1 Å². The minimum absolute atomic E-state index is 0.0785. The molecular formula is C17H20ClN3O3S. The lowest BCUT2D eigenvalue weighted by Crippen LogP contribution is -2.49. The Morgan fingerprint density at radius 1 is 1.36 bits per heavy atom. The van der Waals surface area contributed by atoms with Gasteiger partial charge in [-0.25, -0.2) is 0 Å². The number of hydrogen-bond donors (Lipinski definition) is 1. The summed E-state index contributed by atoms with van der Waals surface area (Å²) in [6.07, 6.45) is 3.60. The number of ether oxygens (including phenoxy) is 1. The van der Waals surface area contributed by atoms with Crippen LogP contribution in [0, 0.1) is 0 Å². The van der Waals surface area contributed by atoms with Crippen LogP contribution in [0.3, 0.4) is 0 Å². The molecule has 25 heavy (non-hydrogen) atoms. The van der Waals surface area contributed by atoms with E-state index in [9.17, 15) is 5.11 Å². The van der Waals surface area contributed by atoms with E-state index in [-0.39, 0.29) is 24.9 Å². The van der Waals surface area contributed by atoms with Gasteiger partial charge in [0.25, 0.3) is 0 Å². The molecule has 4 atom stereocenters. The monoisotopic (exact) mass is 381 g/mol. The highest BCUT2D eigenvalue weighted by Crippen LogP contribution is 2.39. The van der Waals surface area contributed by atoms with Gasteiger partial charge >= 0.3 is 0 Å². The summed E-state index contributed by atoms with van der Waals surface area (Å²) in [7, 11) is 0. The van der Waals surface area contributed by atoms with Crippen LogP contribution >= 0.6 is 22.9 Å². The van der Waals surface area contributed by atoms with Crippen LogP contribution in [0.2, 0.25) is 0 Å². The van der Waals surface area contributed by atoms with Gasteiger partial charge in [0.2, 0.25) is 0 Å². The Hall–Kier alpha value is -1.41. The van der Waals surface area contributed by atoms with Gasteiger partial charge in [-0.2, -0.15) is 0 Å². The number of aliphatic hydroxyl groups excluding tert-OH is 1. The van der Waals surface area contributed by atoms with E-state index >= 15 is 0 Å². The van der Waals surface area contributed by atoms with Gasteiger partial charge in [-0.1, -0.05) is 5.16 Å². The van der Waals surface area contributed by atoms with E-state index < -0.39 is 5.38 Å². The van der Waals surface area contributed by atoms with Gasteiger partial charge in [-0.05, 0) is 25.5 Å². The van der Waals surface area contributed by atoms with E-state index in [1.165, 1.54) is 11.3 Å². The fraction of sp³-hybridized carbons (Fsp3) is 0.529. The van der Waals surface area contributed by atoms with Crippen LogP contribution in [0.15, 0.2) is 39.8 Å². The molecule has 0 saturated carbocycles. The molecular weight excluding hydrogens is 362 g/mol. The quantitative estimate of drug-likeness (QED) is 0.812. The molecule has 1 aromatic heterocycles. The molecule has 1 saturated heterocycles. The van der Waals surface area contributed by atoms with E-state index in [1.807, 2.05) is 19.9 Å². The molecule has 0 aromatic carbocycles. The Kier molecular flexibility index (Phi) is 4.58. The maximum Gasteiger partial charge on any atom is 0.176 e. The van der Waals surface area contributed by atoms with E-state index in [2.05, 4.69) is 15.0 Å². The number of thiazole rings is 1. The second kappa shape index (κ2) is 6.72. The van der Waals surface area contributed by atoms with Crippen molar-refractivity contribution in [1.29, 1.82) is 0 Å². The van der Waals surface area contributed by atoms with E-state index in [0.29, 0.717) is 0 Å². The summed E-state index contributed by atoms with van der Waals surface area (Å²) in [5, 5.41) is 13.8. The van der Waals surface area contributed by atoms with Gasteiger partial charge in [0, 0.05) is 30.6 Å². The predicted octanol–water partition coefficient (Wildman–Crippen LogP) is 2.15. The molecule has 3 aliphatic rings. The molecule has 3 heterocycles. The smallest absolute Gasteiger partial charge is 0.176 e. The second-order valence-corrected chi connectivity index (χ2v) is 7.92. The average molecular weight is 382 g/mol. The molecule has 8 heteroatoms. The lowest BCUT2D eigenvalue weighted by atomic mass is 9.89. The van der Waals surface area contributed by atoms with Gasteiger partial charge in [0.1, 0.15) is 11.1 Å². The Morgan fingerprint density at radius 3 is 2.76 bits per heavy atom. The number of nitrogens with zero attached hydrogens (tertiary/aromatic N) is 3. The third-order valence-electron chi connectivity index (χ3n) is 4.62. The van der Waals surface area contributed by atoms with Crippen molar-refractivity contribution < 1.29 is 14.7 Å². The summed E-state index contributed by atoms with van der Waals surface area (Å²) in [5.74, 6) is 0. The molecule has 1 fully saturated rings. The lowest BCUT2D eigenvalue weighted by molar-refractivity contribution is -0.0604. The standard InChI is InChI=1S/C17H20ClN3O3S/c1-9-5-21(6-10(2)23-9)16-11(7-22)3-12-15(13-4-19-8-25-13)20-24-17(12)14(16)18/h3-4,8-10,14,17,22H,5-7H2,1-2H3/t9-,10+,14?,17?. The molecule has 1 aliphatic carbocycles. The first-order chi connectivity index (χ1) is 12.1. The highest BCUT2D eigenvalue weighted by molar-refractivity contribution is 7.12. The zero-order valence-corrected chi connectivity index (χ0v) is 15.6. The topological polar surface area (TPSA) is 67.2 Å². The van der Waals surface area contributed by atoms with Gasteiger partial charge in [-0.3, -0.25) is 4.98 Å². The van der Waals surface area contributed by atoms with E-state index in [4.69, 9.17) is 21.2 Å². The van der Waals surface area contributed by atoms with Crippen molar-refractivity contribution in [3.63, 3.8) is 0 Å². The maximum atomic E-state index is 9.97. The van der Waals surface area contributed by atoms with Crippen molar-refractivity contribution >= 4 is 28.6 Å². The first-order valence-corrected chi connectivity index (χ1v) is 9.63. The third kappa shape index (κ3) is 2.99. The fourth-order valence-corrected chi connectivity index (χ4v) is 4.78.